The molecule has 0 amide bonds. The van der Waals surface area contributed by atoms with Gasteiger partial charge in [0.05, 0.1) is 0 Å². The van der Waals surface area contributed by atoms with Crippen molar-refractivity contribution < 1.29 is 13.5 Å². The summed E-state index contributed by atoms with van der Waals surface area (Å²) in [6, 6.07) is 8.49. The third-order valence-electron chi connectivity index (χ3n) is 2.10. The Labute approximate surface area is 99.7 Å². The molecule has 1 rings (SSSR count). The fourth-order valence-corrected chi connectivity index (χ4v) is 1.24. The second kappa shape index (κ2) is 5.99. The first kappa shape index (κ1) is 13.2. The first-order valence-electron chi connectivity index (χ1n) is 5.11. The second-order valence-corrected chi connectivity index (χ2v) is 3.37. The molecular formula is C14H14F2O. The highest BCUT2D eigenvalue weighted by molar-refractivity contribution is 5.29. The Morgan fingerprint density at radius 2 is 1.88 bits per heavy atom. The van der Waals surface area contributed by atoms with Gasteiger partial charge in [-0.3, -0.25) is 0 Å². The van der Waals surface area contributed by atoms with Gasteiger partial charge in [-0.1, -0.05) is 49.6 Å². The molecule has 0 atom stereocenters. The standard InChI is InChI=1S/C14H14F2O/c1-3-8-12(4-2)14(15,16)11-17-13-9-6-5-7-10-13/h3-10H,1-2,11H2/b12-8+. The highest BCUT2D eigenvalue weighted by atomic mass is 19.3. The van der Waals surface area contributed by atoms with Crippen LogP contribution in [0.25, 0.3) is 0 Å². The zero-order valence-corrected chi connectivity index (χ0v) is 9.40. The van der Waals surface area contributed by atoms with Crippen LogP contribution < -0.4 is 4.74 Å². The van der Waals surface area contributed by atoms with Crippen LogP contribution in [-0.4, -0.2) is 12.5 Å². The lowest BCUT2D eigenvalue weighted by Gasteiger charge is -2.18. The van der Waals surface area contributed by atoms with E-state index in [1.807, 2.05) is 0 Å². The summed E-state index contributed by atoms with van der Waals surface area (Å²) in [6.07, 6.45) is 3.63. The van der Waals surface area contributed by atoms with Crippen LogP contribution >= 0.6 is 0 Å². The van der Waals surface area contributed by atoms with Gasteiger partial charge in [0.15, 0.2) is 6.61 Å². The Hall–Kier alpha value is -1.90. The van der Waals surface area contributed by atoms with Crippen LogP contribution in [0.2, 0.25) is 0 Å². The summed E-state index contributed by atoms with van der Waals surface area (Å²) in [7, 11) is 0. The molecule has 0 bridgehead atoms. The quantitative estimate of drug-likeness (QED) is 0.678. The maximum absolute atomic E-state index is 13.6. The van der Waals surface area contributed by atoms with Gasteiger partial charge < -0.3 is 4.74 Å². The van der Waals surface area contributed by atoms with E-state index in [4.69, 9.17) is 4.74 Å². The van der Waals surface area contributed by atoms with Crippen LogP contribution in [0.4, 0.5) is 8.78 Å². The molecule has 1 aromatic rings. The van der Waals surface area contributed by atoms with E-state index in [1.54, 1.807) is 30.3 Å². The Kier molecular flexibility index (Phi) is 4.64. The van der Waals surface area contributed by atoms with Crippen LogP contribution in [0, 0.1) is 0 Å². The van der Waals surface area contributed by atoms with Crippen molar-refractivity contribution in [2.45, 2.75) is 5.92 Å². The summed E-state index contributed by atoms with van der Waals surface area (Å²) in [4.78, 5) is 0. The SMILES string of the molecule is C=C/C=C(\C=C)C(F)(F)COc1ccccc1. The van der Waals surface area contributed by atoms with Gasteiger partial charge in [0, 0.05) is 5.57 Å². The van der Waals surface area contributed by atoms with Gasteiger partial charge in [-0.15, -0.1) is 0 Å². The normalized spacial score (nSPS) is 12.0. The third-order valence-corrected chi connectivity index (χ3v) is 2.10. The third kappa shape index (κ3) is 3.87. The van der Waals surface area contributed by atoms with Crippen LogP contribution in [0.1, 0.15) is 0 Å². The Morgan fingerprint density at radius 3 is 2.41 bits per heavy atom. The van der Waals surface area contributed by atoms with E-state index in [0.29, 0.717) is 5.75 Å². The number of rotatable bonds is 6. The summed E-state index contributed by atoms with van der Waals surface area (Å²) in [6.45, 7) is 6.01. The summed E-state index contributed by atoms with van der Waals surface area (Å²) in [5.41, 5.74) is -0.205. The molecule has 0 spiro atoms. The number of ether oxygens (including phenoxy) is 1. The summed E-state index contributed by atoms with van der Waals surface area (Å²) < 4.78 is 32.3. The van der Waals surface area contributed by atoms with E-state index in [1.165, 1.54) is 12.2 Å². The molecule has 0 saturated heterocycles. The summed E-state index contributed by atoms with van der Waals surface area (Å²) in [5.74, 6) is -2.67. The fraction of sp³-hybridized carbons (Fsp3) is 0.143. The van der Waals surface area contributed by atoms with Crippen LogP contribution in [-0.2, 0) is 0 Å². The average molecular weight is 236 g/mol. The number of halogens is 2. The molecule has 17 heavy (non-hydrogen) atoms. The van der Waals surface area contributed by atoms with Crippen molar-refractivity contribution in [2.24, 2.45) is 0 Å². The van der Waals surface area contributed by atoms with Gasteiger partial charge >= 0.3 is 5.92 Å². The number of allylic oxidation sites excluding steroid dienone is 3. The van der Waals surface area contributed by atoms with Crippen molar-refractivity contribution in [2.75, 3.05) is 6.61 Å². The maximum Gasteiger partial charge on any atom is 0.306 e. The maximum atomic E-state index is 13.6. The van der Waals surface area contributed by atoms with E-state index in [9.17, 15) is 8.78 Å². The van der Waals surface area contributed by atoms with E-state index < -0.39 is 12.5 Å². The average Bonchev–Trinajstić information content (AvgIpc) is 2.34. The molecule has 0 heterocycles. The highest BCUT2D eigenvalue weighted by Gasteiger charge is 2.33. The van der Waals surface area contributed by atoms with Crippen molar-refractivity contribution in [3.8, 4) is 5.75 Å². The van der Waals surface area contributed by atoms with Crippen molar-refractivity contribution in [3.63, 3.8) is 0 Å². The van der Waals surface area contributed by atoms with Gasteiger partial charge in [0.2, 0.25) is 0 Å². The number of hydrogen-bond donors (Lipinski definition) is 0. The fourth-order valence-electron chi connectivity index (χ4n) is 1.24. The topological polar surface area (TPSA) is 9.23 Å². The monoisotopic (exact) mass is 236 g/mol. The van der Waals surface area contributed by atoms with Crippen LogP contribution in [0.3, 0.4) is 0 Å². The van der Waals surface area contributed by atoms with E-state index in [2.05, 4.69) is 13.2 Å². The highest BCUT2D eigenvalue weighted by Crippen LogP contribution is 2.26. The second-order valence-electron chi connectivity index (χ2n) is 3.37. The summed E-state index contributed by atoms with van der Waals surface area (Å²) >= 11 is 0. The first-order chi connectivity index (χ1) is 8.10. The largest absolute Gasteiger partial charge is 0.487 e. The minimum absolute atomic E-state index is 0.205. The number of para-hydroxylation sites is 1. The van der Waals surface area contributed by atoms with E-state index in [0.717, 1.165) is 6.08 Å². The lowest BCUT2D eigenvalue weighted by molar-refractivity contribution is -0.00281. The number of hydrogen-bond acceptors (Lipinski definition) is 1. The zero-order valence-electron chi connectivity index (χ0n) is 9.40. The molecule has 0 radical (unpaired) electrons. The van der Waals surface area contributed by atoms with E-state index >= 15 is 0 Å². The Bertz CT molecular complexity index is 407. The zero-order chi connectivity index (χ0) is 12.7. The Morgan fingerprint density at radius 1 is 1.24 bits per heavy atom. The molecule has 0 unspecified atom stereocenters. The molecule has 0 saturated carbocycles. The van der Waals surface area contributed by atoms with Crippen LogP contribution in [0.5, 0.6) is 5.75 Å². The van der Waals surface area contributed by atoms with Crippen molar-refractivity contribution in [1.29, 1.82) is 0 Å². The molecule has 0 aromatic heterocycles. The molecule has 0 aliphatic rings. The molecule has 0 aliphatic carbocycles. The molecule has 0 aliphatic heterocycles. The van der Waals surface area contributed by atoms with Crippen molar-refractivity contribution in [3.05, 3.63) is 67.3 Å². The predicted molar refractivity (Wildman–Crippen MR) is 65.4 cm³/mol. The molecule has 0 N–H and O–H groups in total. The first-order valence-corrected chi connectivity index (χ1v) is 5.11. The number of alkyl halides is 2. The minimum Gasteiger partial charge on any atom is -0.487 e. The van der Waals surface area contributed by atoms with Crippen molar-refractivity contribution >= 4 is 0 Å². The van der Waals surface area contributed by atoms with E-state index in [-0.39, 0.29) is 5.57 Å². The van der Waals surface area contributed by atoms with Gasteiger partial charge in [0.1, 0.15) is 5.75 Å². The predicted octanol–water partition coefficient (Wildman–Crippen LogP) is 4.00. The van der Waals surface area contributed by atoms with Gasteiger partial charge in [-0.05, 0) is 12.1 Å². The lowest BCUT2D eigenvalue weighted by Crippen LogP contribution is -2.27. The Balaban J connectivity index is 2.70. The van der Waals surface area contributed by atoms with Gasteiger partial charge in [-0.2, -0.15) is 8.78 Å². The molecule has 3 heteroatoms. The number of benzene rings is 1. The smallest absolute Gasteiger partial charge is 0.306 e. The summed E-state index contributed by atoms with van der Waals surface area (Å²) in [5, 5.41) is 0. The van der Waals surface area contributed by atoms with Crippen LogP contribution in [0.15, 0.2) is 67.3 Å². The minimum atomic E-state index is -3.08. The van der Waals surface area contributed by atoms with Crippen molar-refractivity contribution in [1.82, 2.24) is 0 Å². The molecular weight excluding hydrogens is 222 g/mol. The molecule has 1 aromatic carbocycles. The van der Waals surface area contributed by atoms with Gasteiger partial charge in [0.25, 0.3) is 0 Å². The molecule has 1 nitrogen and oxygen atoms in total. The molecule has 0 fully saturated rings. The molecule has 90 valence electrons. The lowest BCUT2D eigenvalue weighted by atomic mass is 10.1. The van der Waals surface area contributed by atoms with Gasteiger partial charge in [-0.25, -0.2) is 0 Å².